The Hall–Kier alpha value is -2.27. The van der Waals surface area contributed by atoms with Crippen LogP contribution in [0.4, 0.5) is 13.2 Å². The molecule has 2 saturated heterocycles. The van der Waals surface area contributed by atoms with Crippen molar-refractivity contribution in [2.24, 2.45) is 5.41 Å². The Morgan fingerprint density at radius 2 is 1.94 bits per heavy atom. The number of aromatic nitrogens is 2. The van der Waals surface area contributed by atoms with Crippen molar-refractivity contribution in [2.45, 2.75) is 70.3 Å². The fourth-order valence-electron chi connectivity index (χ4n) is 4.74. The normalized spacial score (nSPS) is 26.2. The number of carboxylic acids is 1. The number of aliphatic carboxylic acids is 1. The smallest absolute Gasteiger partial charge is 0.475 e. The summed E-state index contributed by atoms with van der Waals surface area (Å²) in [6.07, 6.45) is 5.46. The largest absolute Gasteiger partial charge is 0.490 e. The minimum absolute atomic E-state index is 0.0641. The highest BCUT2D eigenvalue weighted by atomic mass is 19.4. The van der Waals surface area contributed by atoms with Crippen LogP contribution in [-0.2, 0) is 20.9 Å². The monoisotopic (exact) mass is 458 g/mol. The van der Waals surface area contributed by atoms with Gasteiger partial charge in [0.1, 0.15) is 0 Å². The second-order valence-electron chi connectivity index (χ2n) is 8.60. The topological polar surface area (TPSA) is 105 Å². The van der Waals surface area contributed by atoms with Gasteiger partial charge in [-0.15, -0.1) is 0 Å². The van der Waals surface area contributed by atoms with Gasteiger partial charge in [-0.3, -0.25) is 19.7 Å². The van der Waals surface area contributed by atoms with Crippen LogP contribution < -0.4 is 5.32 Å². The molecule has 1 amide bonds. The number of carbonyl (C=O) groups is 2. The number of alkyl halides is 3. The van der Waals surface area contributed by atoms with Crippen LogP contribution in [0.1, 0.15) is 49.9 Å². The van der Waals surface area contributed by atoms with E-state index < -0.39 is 12.1 Å². The molecule has 2 atom stereocenters. The number of nitrogens with zero attached hydrogens (tertiary/aromatic N) is 3. The van der Waals surface area contributed by atoms with Gasteiger partial charge in [0, 0.05) is 31.9 Å². The first-order valence-electron chi connectivity index (χ1n) is 10.8. The van der Waals surface area contributed by atoms with Crippen LogP contribution in [-0.4, -0.2) is 69.9 Å². The lowest BCUT2D eigenvalue weighted by molar-refractivity contribution is -0.192. The van der Waals surface area contributed by atoms with E-state index in [0.29, 0.717) is 19.2 Å². The Balaban J connectivity index is 0.000000360. The van der Waals surface area contributed by atoms with Crippen LogP contribution in [0.2, 0.25) is 0 Å². The van der Waals surface area contributed by atoms with Crippen LogP contribution in [0.5, 0.6) is 0 Å². The van der Waals surface area contributed by atoms with Gasteiger partial charge in [0.05, 0.1) is 35.6 Å². The quantitative estimate of drug-likeness (QED) is 0.714. The molecule has 3 aliphatic rings. The summed E-state index contributed by atoms with van der Waals surface area (Å²) in [6, 6.07) is 0.661. The van der Waals surface area contributed by atoms with Gasteiger partial charge in [-0.25, -0.2) is 4.79 Å². The molecule has 11 heteroatoms. The first-order chi connectivity index (χ1) is 15.1. The molecule has 178 valence electrons. The van der Waals surface area contributed by atoms with Gasteiger partial charge in [-0.05, 0) is 32.6 Å². The summed E-state index contributed by atoms with van der Waals surface area (Å²) in [6.45, 7) is 4.95. The van der Waals surface area contributed by atoms with E-state index in [4.69, 9.17) is 14.6 Å². The lowest BCUT2D eigenvalue weighted by Gasteiger charge is -2.44. The molecular formula is C21H29F3N4O4. The summed E-state index contributed by atoms with van der Waals surface area (Å²) in [5.74, 6) is -2.63. The van der Waals surface area contributed by atoms with E-state index in [1.807, 2.05) is 6.92 Å². The molecule has 2 N–H and O–H groups in total. The fourth-order valence-corrected chi connectivity index (χ4v) is 4.74. The highest BCUT2D eigenvalue weighted by Crippen LogP contribution is 2.43. The Morgan fingerprint density at radius 3 is 2.53 bits per heavy atom. The average Bonchev–Trinajstić information content (AvgIpc) is 3.43. The molecule has 1 aliphatic carbocycles. The van der Waals surface area contributed by atoms with Crippen LogP contribution >= 0.6 is 0 Å². The van der Waals surface area contributed by atoms with Crippen molar-refractivity contribution >= 4 is 11.9 Å². The van der Waals surface area contributed by atoms with Gasteiger partial charge in [0.25, 0.3) is 0 Å². The molecule has 1 aromatic rings. The number of hydrogen-bond acceptors (Lipinski definition) is 6. The first kappa shape index (κ1) is 24.4. The number of nitrogens with one attached hydrogen (secondary N) is 1. The molecule has 4 rings (SSSR count). The van der Waals surface area contributed by atoms with Crippen LogP contribution in [0, 0.1) is 12.3 Å². The number of halogens is 3. The number of fused-ring (bicyclic) bond motifs is 1. The third kappa shape index (κ3) is 5.74. The number of carboxylic acid groups (broad SMARTS) is 1. The third-order valence-corrected chi connectivity index (χ3v) is 6.45. The Labute approximate surface area is 184 Å². The summed E-state index contributed by atoms with van der Waals surface area (Å²) in [5, 5.41) is 10.2. The molecular weight excluding hydrogens is 429 g/mol. The van der Waals surface area contributed by atoms with Crippen molar-refractivity contribution in [3.05, 3.63) is 23.8 Å². The van der Waals surface area contributed by atoms with Crippen LogP contribution in [0.25, 0.3) is 0 Å². The molecule has 3 heterocycles. The third-order valence-electron chi connectivity index (χ3n) is 6.45. The van der Waals surface area contributed by atoms with Gasteiger partial charge < -0.3 is 15.2 Å². The molecule has 32 heavy (non-hydrogen) atoms. The summed E-state index contributed by atoms with van der Waals surface area (Å²) in [5.41, 5.74) is 1.30. The number of ether oxygens (including phenoxy) is 1. The average molecular weight is 458 g/mol. The van der Waals surface area contributed by atoms with E-state index in [1.165, 1.54) is 25.7 Å². The van der Waals surface area contributed by atoms with Crippen molar-refractivity contribution in [1.29, 1.82) is 0 Å². The molecule has 1 aromatic heterocycles. The van der Waals surface area contributed by atoms with Crippen molar-refractivity contribution in [3.63, 3.8) is 0 Å². The lowest BCUT2D eigenvalue weighted by atomic mass is 9.75. The molecule has 1 saturated carbocycles. The summed E-state index contributed by atoms with van der Waals surface area (Å²) in [4.78, 5) is 33.2. The zero-order chi connectivity index (χ0) is 23.4. The molecule has 0 bridgehead atoms. The zero-order valence-corrected chi connectivity index (χ0v) is 18.0. The maximum atomic E-state index is 13.1. The first-order valence-corrected chi connectivity index (χ1v) is 10.8. The number of piperidine rings is 1. The fraction of sp³-hybridized carbons (Fsp3) is 0.714. The highest BCUT2D eigenvalue weighted by molar-refractivity contribution is 5.84. The van der Waals surface area contributed by atoms with Crippen molar-refractivity contribution in [2.75, 3.05) is 19.7 Å². The van der Waals surface area contributed by atoms with E-state index in [2.05, 4.69) is 20.2 Å². The van der Waals surface area contributed by atoms with Gasteiger partial charge in [-0.2, -0.15) is 13.2 Å². The minimum Gasteiger partial charge on any atom is -0.475 e. The molecule has 0 radical (unpaired) electrons. The predicted molar refractivity (Wildman–Crippen MR) is 108 cm³/mol. The van der Waals surface area contributed by atoms with Crippen molar-refractivity contribution in [3.8, 4) is 0 Å². The van der Waals surface area contributed by atoms with E-state index >= 15 is 0 Å². The number of rotatable bonds is 4. The number of carbonyl (C=O) groups excluding carboxylic acids is 1. The standard InChI is InChI=1S/C19H28N4O2.C2HF3O2/c1-14-10-21-15(11-20-14)12-22-18(24)19-7-9-25-17(19)6-8-23(13-19)16-4-2-3-5-16;3-2(4,5)1(6)7/h10-11,16-17H,2-9,12-13H2,1H3,(H,22,24);(H,6,7)/t17-,19-;/m1./s1. The Bertz CT molecular complexity index is 799. The molecule has 0 aromatic carbocycles. The van der Waals surface area contributed by atoms with Gasteiger partial charge in [0.2, 0.25) is 5.91 Å². The molecule has 2 aliphatic heterocycles. The van der Waals surface area contributed by atoms with Crippen LogP contribution in [0.3, 0.4) is 0 Å². The molecule has 3 fully saturated rings. The molecule has 8 nitrogen and oxygen atoms in total. The number of amides is 1. The summed E-state index contributed by atoms with van der Waals surface area (Å²) < 4.78 is 37.7. The maximum Gasteiger partial charge on any atom is 0.490 e. The molecule has 0 spiro atoms. The van der Waals surface area contributed by atoms with Crippen molar-refractivity contribution in [1.82, 2.24) is 20.2 Å². The molecule has 0 unspecified atom stereocenters. The SMILES string of the molecule is Cc1cnc(CNC(=O)[C@@]23CCO[C@@H]2CCN(C2CCCC2)C3)cn1.O=C(O)C(F)(F)F. The number of hydrogen-bond donors (Lipinski definition) is 2. The summed E-state index contributed by atoms with van der Waals surface area (Å²) in [7, 11) is 0. The maximum absolute atomic E-state index is 13.1. The predicted octanol–water partition coefficient (Wildman–Crippen LogP) is 2.46. The number of aryl methyl sites for hydroxylation is 1. The zero-order valence-electron chi connectivity index (χ0n) is 18.0. The van der Waals surface area contributed by atoms with E-state index in [1.54, 1.807) is 12.4 Å². The van der Waals surface area contributed by atoms with E-state index in [-0.39, 0.29) is 17.4 Å². The van der Waals surface area contributed by atoms with Crippen molar-refractivity contribution < 1.29 is 32.6 Å². The van der Waals surface area contributed by atoms with Gasteiger partial charge in [-0.1, -0.05) is 12.8 Å². The number of likely N-dealkylation sites (tertiary alicyclic amines) is 1. The van der Waals surface area contributed by atoms with Gasteiger partial charge >= 0.3 is 12.1 Å². The summed E-state index contributed by atoms with van der Waals surface area (Å²) >= 11 is 0. The second-order valence-corrected chi connectivity index (χ2v) is 8.60. The Kier molecular flexibility index (Phi) is 7.71. The minimum atomic E-state index is -5.08. The second kappa shape index (κ2) is 10.1. The highest BCUT2D eigenvalue weighted by Gasteiger charge is 2.53. The lowest BCUT2D eigenvalue weighted by Crippen LogP contribution is -2.58. The van der Waals surface area contributed by atoms with Crippen LogP contribution in [0.15, 0.2) is 12.4 Å². The van der Waals surface area contributed by atoms with Gasteiger partial charge in [0.15, 0.2) is 0 Å². The Morgan fingerprint density at radius 1 is 1.25 bits per heavy atom. The van der Waals surface area contributed by atoms with E-state index in [9.17, 15) is 18.0 Å². The van der Waals surface area contributed by atoms with E-state index in [0.717, 1.165) is 37.3 Å².